The van der Waals surface area contributed by atoms with Crippen molar-refractivity contribution in [3.63, 3.8) is 0 Å². The number of hydrogen-bond donors (Lipinski definition) is 1. The molecule has 0 bridgehead atoms. The van der Waals surface area contributed by atoms with Crippen molar-refractivity contribution in [1.82, 2.24) is 0 Å². The van der Waals surface area contributed by atoms with Gasteiger partial charge in [0.05, 0.1) is 17.6 Å². The molecule has 0 unspecified atom stereocenters. The lowest BCUT2D eigenvalue weighted by molar-refractivity contribution is -0.384. The number of anilines is 1. The van der Waals surface area contributed by atoms with Crippen molar-refractivity contribution in [2.75, 3.05) is 11.7 Å². The van der Waals surface area contributed by atoms with Crippen molar-refractivity contribution in [2.45, 2.75) is 20.8 Å². The standard InChI is InChI=1S/C36H32N3O3P/c1-4-42-34-24-29(39(40)41)20-22-33(34)38-43(37-32-21-19-25(2)23-26(32)3,35-17-9-13-27-11-5-7-15-30(27)35)36-18-10-14-28-12-6-8-16-31(28)36/h5-24,37H,4H2,1-3H3. The minimum Gasteiger partial charge on any atom is -0.491 e. The lowest BCUT2D eigenvalue weighted by Gasteiger charge is -2.31. The van der Waals surface area contributed by atoms with Crippen LogP contribution in [0.2, 0.25) is 0 Å². The predicted octanol–water partition coefficient (Wildman–Crippen LogP) is 9.43. The molecule has 6 aromatic rings. The van der Waals surface area contributed by atoms with Crippen molar-refractivity contribution in [3.8, 4) is 5.75 Å². The van der Waals surface area contributed by atoms with Crippen LogP contribution < -0.4 is 20.4 Å². The van der Waals surface area contributed by atoms with Gasteiger partial charge in [-0.3, -0.25) is 10.1 Å². The number of nitrogens with zero attached hydrogens (tertiary/aromatic N) is 2. The molecule has 0 aliphatic heterocycles. The van der Waals surface area contributed by atoms with Gasteiger partial charge in [0, 0.05) is 22.4 Å². The summed E-state index contributed by atoms with van der Waals surface area (Å²) in [5, 5.41) is 22.2. The molecule has 43 heavy (non-hydrogen) atoms. The quantitative estimate of drug-likeness (QED) is 0.110. The van der Waals surface area contributed by atoms with Gasteiger partial charge in [0.2, 0.25) is 0 Å². The third-order valence-corrected chi connectivity index (χ3v) is 10.9. The van der Waals surface area contributed by atoms with Crippen molar-refractivity contribution >= 4 is 56.4 Å². The zero-order valence-electron chi connectivity index (χ0n) is 24.3. The summed E-state index contributed by atoms with van der Waals surface area (Å²) in [5.74, 6) is 0.379. The molecule has 0 heterocycles. The van der Waals surface area contributed by atoms with E-state index in [1.165, 1.54) is 17.7 Å². The second kappa shape index (κ2) is 11.7. The number of nitro benzene ring substituents is 1. The first-order chi connectivity index (χ1) is 20.9. The van der Waals surface area contributed by atoms with Crippen LogP contribution in [-0.4, -0.2) is 11.5 Å². The lowest BCUT2D eigenvalue weighted by atomic mass is 10.1. The van der Waals surface area contributed by atoms with E-state index in [1.807, 2.05) is 19.1 Å². The number of fused-ring (bicyclic) bond motifs is 2. The third-order valence-electron chi connectivity index (χ3n) is 7.61. The van der Waals surface area contributed by atoms with Crippen LogP contribution in [0, 0.1) is 24.0 Å². The second-order valence-corrected chi connectivity index (χ2v) is 13.2. The molecule has 6 aromatic carbocycles. The van der Waals surface area contributed by atoms with E-state index in [2.05, 4.69) is 110 Å². The fraction of sp³-hybridized carbons (Fsp3) is 0.111. The SMILES string of the molecule is CCOc1cc([N+](=O)[O-])ccc1N=P(Nc1ccc(C)cc1C)(c1cccc2ccccc12)c1cccc2ccccc12. The summed E-state index contributed by atoms with van der Waals surface area (Å²) in [4.78, 5) is 11.3. The smallest absolute Gasteiger partial charge is 0.273 e. The first kappa shape index (κ1) is 28.2. The number of nitrogens with one attached hydrogen (secondary N) is 1. The van der Waals surface area contributed by atoms with Gasteiger partial charge in [-0.25, -0.2) is 4.74 Å². The normalized spacial score (nSPS) is 11.4. The first-order valence-corrected chi connectivity index (χ1v) is 16.0. The average Bonchev–Trinajstić information content (AvgIpc) is 3.02. The van der Waals surface area contributed by atoms with Gasteiger partial charge in [-0.1, -0.05) is 103 Å². The van der Waals surface area contributed by atoms with Gasteiger partial charge >= 0.3 is 0 Å². The van der Waals surface area contributed by atoms with E-state index in [1.54, 1.807) is 6.07 Å². The van der Waals surface area contributed by atoms with E-state index < -0.39 is 12.1 Å². The summed E-state index contributed by atoms with van der Waals surface area (Å²) in [6.45, 7) is 6.41. The van der Waals surface area contributed by atoms with Gasteiger partial charge < -0.3 is 9.82 Å². The maximum Gasteiger partial charge on any atom is 0.273 e. The Morgan fingerprint density at radius 3 is 1.95 bits per heavy atom. The molecule has 7 heteroatoms. The van der Waals surface area contributed by atoms with Crippen LogP contribution in [0.25, 0.3) is 21.5 Å². The average molecular weight is 586 g/mol. The number of ether oxygens (including phenoxy) is 1. The highest BCUT2D eigenvalue weighted by Crippen LogP contribution is 2.54. The molecular weight excluding hydrogens is 553 g/mol. The van der Waals surface area contributed by atoms with Gasteiger partial charge in [0.25, 0.3) is 5.69 Å². The largest absolute Gasteiger partial charge is 0.491 e. The van der Waals surface area contributed by atoms with Crippen LogP contribution in [-0.2, 0) is 0 Å². The van der Waals surface area contributed by atoms with Crippen molar-refractivity contribution in [3.05, 3.63) is 143 Å². The Bertz CT molecular complexity index is 1960. The summed E-state index contributed by atoms with van der Waals surface area (Å²) in [7, 11) is -2.94. The highest BCUT2D eigenvalue weighted by Gasteiger charge is 2.30. The molecule has 0 aliphatic rings. The van der Waals surface area contributed by atoms with Gasteiger partial charge in [-0.05, 0) is 60.0 Å². The molecular formula is C36H32N3O3P. The third kappa shape index (κ3) is 5.38. The minimum atomic E-state index is -2.94. The monoisotopic (exact) mass is 585 g/mol. The van der Waals surface area contributed by atoms with Crippen LogP contribution in [0.4, 0.5) is 17.1 Å². The Labute approximate surface area is 251 Å². The summed E-state index contributed by atoms with van der Waals surface area (Å²) >= 11 is 0. The molecule has 1 N–H and O–H groups in total. The van der Waals surface area contributed by atoms with Crippen LogP contribution in [0.5, 0.6) is 5.75 Å². The van der Waals surface area contributed by atoms with Crippen molar-refractivity contribution in [2.24, 2.45) is 4.74 Å². The zero-order chi connectivity index (χ0) is 30.0. The van der Waals surface area contributed by atoms with Gasteiger partial charge in [-0.15, -0.1) is 0 Å². The van der Waals surface area contributed by atoms with E-state index >= 15 is 0 Å². The number of hydrogen-bond acceptors (Lipinski definition) is 4. The van der Waals surface area contributed by atoms with Crippen LogP contribution in [0.3, 0.4) is 0 Å². The van der Waals surface area contributed by atoms with Crippen molar-refractivity contribution < 1.29 is 9.66 Å². The van der Waals surface area contributed by atoms with Crippen molar-refractivity contribution in [1.29, 1.82) is 0 Å². The zero-order valence-corrected chi connectivity index (χ0v) is 25.2. The van der Waals surface area contributed by atoms with Gasteiger partial charge in [0.1, 0.15) is 12.9 Å². The van der Waals surface area contributed by atoms with E-state index in [9.17, 15) is 10.1 Å². The fourth-order valence-corrected chi connectivity index (χ4v) is 9.17. The van der Waals surface area contributed by atoms with Gasteiger partial charge in [0.15, 0.2) is 5.75 Å². The second-order valence-electron chi connectivity index (χ2n) is 10.5. The molecule has 0 aliphatic carbocycles. The number of nitro groups is 1. The minimum absolute atomic E-state index is 0.0380. The summed E-state index contributed by atoms with van der Waals surface area (Å²) in [5.41, 5.74) is 3.77. The highest BCUT2D eigenvalue weighted by molar-refractivity contribution is 7.83. The summed E-state index contributed by atoms with van der Waals surface area (Å²) in [6.07, 6.45) is 0. The first-order valence-electron chi connectivity index (χ1n) is 14.3. The van der Waals surface area contributed by atoms with E-state index in [0.717, 1.165) is 43.4 Å². The molecule has 0 radical (unpaired) electrons. The maximum atomic E-state index is 11.7. The highest BCUT2D eigenvalue weighted by atomic mass is 31.2. The topological polar surface area (TPSA) is 76.8 Å². The van der Waals surface area contributed by atoms with E-state index in [-0.39, 0.29) is 5.69 Å². The van der Waals surface area contributed by atoms with E-state index in [4.69, 9.17) is 9.48 Å². The fourth-order valence-electron chi connectivity index (χ4n) is 5.61. The number of rotatable bonds is 8. The molecule has 0 amide bonds. The Morgan fingerprint density at radius 2 is 1.37 bits per heavy atom. The molecule has 214 valence electrons. The molecule has 0 spiro atoms. The molecule has 0 aromatic heterocycles. The lowest BCUT2D eigenvalue weighted by Crippen LogP contribution is -2.24. The Morgan fingerprint density at radius 1 is 0.767 bits per heavy atom. The molecule has 6 rings (SSSR count). The summed E-state index contributed by atoms with van der Waals surface area (Å²) < 4.78 is 11.7. The Hall–Kier alpha value is -4.93. The molecule has 0 saturated carbocycles. The van der Waals surface area contributed by atoms with E-state index in [0.29, 0.717) is 18.0 Å². The molecule has 6 nitrogen and oxygen atoms in total. The Balaban J connectivity index is 1.81. The number of aryl methyl sites for hydroxylation is 2. The molecule has 0 fully saturated rings. The van der Waals surface area contributed by atoms with Crippen LogP contribution in [0.1, 0.15) is 18.1 Å². The maximum absolute atomic E-state index is 11.7. The van der Waals surface area contributed by atoms with Crippen LogP contribution in [0.15, 0.2) is 126 Å². The molecule has 0 saturated heterocycles. The predicted molar refractivity (Wildman–Crippen MR) is 180 cm³/mol. The van der Waals surface area contributed by atoms with Crippen LogP contribution >= 0.6 is 7.21 Å². The Kier molecular flexibility index (Phi) is 7.71. The summed E-state index contributed by atoms with van der Waals surface area (Å²) in [6, 6.07) is 40.5. The van der Waals surface area contributed by atoms with Gasteiger partial charge in [-0.2, -0.15) is 0 Å². The molecule has 0 atom stereocenters. The number of benzene rings is 6. The number of non-ortho nitro benzene ring substituents is 1.